The Kier molecular flexibility index (Phi) is 6.09. The molecule has 0 radical (unpaired) electrons. The summed E-state index contributed by atoms with van der Waals surface area (Å²) < 4.78 is 33.6. The normalized spacial score (nSPS) is 12.1. The van der Waals surface area contributed by atoms with Gasteiger partial charge in [-0.3, -0.25) is 9.59 Å². The Hall–Kier alpha value is -4.71. The number of aromatic nitrogens is 5. The van der Waals surface area contributed by atoms with Crippen LogP contribution in [0.3, 0.4) is 0 Å². The number of aromatic amines is 1. The number of aliphatic hydroxyl groups excluding tert-OH is 1. The maximum atomic E-state index is 13.5. The molecule has 0 bridgehead atoms. The molecule has 3 N–H and O–H groups in total. The van der Waals surface area contributed by atoms with Gasteiger partial charge in [-0.15, -0.1) is 10.2 Å². The zero-order chi connectivity index (χ0) is 25.2. The highest BCUT2D eigenvalue weighted by atomic mass is 19.2. The number of benzene rings is 1. The molecule has 12 heteroatoms. The molecule has 0 aliphatic rings. The van der Waals surface area contributed by atoms with Gasteiger partial charge in [0.05, 0.1) is 18.7 Å². The van der Waals surface area contributed by atoms with Crippen LogP contribution in [0.25, 0.3) is 22.5 Å². The van der Waals surface area contributed by atoms with Gasteiger partial charge >= 0.3 is 0 Å². The lowest BCUT2D eigenvalue weighted by molar-refractivity contribution is 0.0903. The molecule has 1 amide bonds. The predicted molar refractivity (Wildman–Crippen MR) is 123 cm³/mol. The van der Waals surface area contributed by atoms with Crippen LogP contribution >= 0.6 is 0 Å². The summed E-state index contributed by atoms with van der Waals surface area (Å²) in [6, 6.07) is 8.57. The third kappa shape index (κ3) is 4.36. The van der Waals surface area contributed by atoms with Gasteiger partial charge in [0.25, 0.3) is 11.5 Å². The van der Waals surface area contributed by atoms with Crippen LogP contribution in [0.2, 0.25) is 0 Å². The Bertz CT molecular complexity index is 1630. The molecule has 36 heavy (non-hydrogen) atoms. The fourth-order valence-electron chi connectivity index (χ4n) is 3.71. The molecule has 4 heterocycles. The minimum absolute atomic E-state index is 0.0582. The van der Waals surface area contributed by atoms with E-state index in [1.54, 1.807) is 18.5 Å². The Morgan fingerprint density at radius 2 is 2.03 bits per heavy atom. The number of H-pyrrole nitrogens is 1. The Balaban J connectivity index is 1.36. The second-order valence-corrected chi connectivity index (χ2v) is 7.86. The smallest absolute Gasteiger partial charge is 0.263 e. The van der Waals surface area contributed by atoms with Crippen molar-refractivity contribution in [2.45, 2.75) is 12.6 Å². The highest BCUT2D eigenvalue weighted by Crippen LogP contribution is 2.27. The van der Waals surface area contributed by atoms with Crippen molar-refractivity contribution in [1.29, 1.82) is 0 Å². The number of nitrogens with one attached hydrogen (secondary N) is 2. The summed E-state index contributed by atoms with van der Waals surface area (Å²) >= 11 is 0. The number of carbonyl (C=O) groups is 1. The number of nitrogens with zero attached hydrogens (tertiary/aromatic N) is 4. The molecule has 0 aliphatic heterocycles. The van der Waals surface area contributed by atoms with Gasteiger partial charge in [0, 0.05) is 24.0 Å². The van der Waals surface area contributed by atoms with Crippen molar-refractivity contribution in [3.8, 4) is 11.5 Å². The molecule has 10 nitrogen and oxygen atoms in total. The topological polar surface area (TPSA) is 139 Å². The summed E-state index contributed by atoms with van der Waals surface area (Å²) in [6.07, 6.45) is 4.71. The van der Waals surface area contributed by atoms with Crippen LogP contribution in [0.4, 0.5) is 8.78 Å². The molecule has 0 saturated carbocycles. The molecule has 5 aromatic rings. The first kappa shape index (κ1) is 23.1. The van der Waals surface area contributed by atoms with Gasteiger partial charge < -0.3 is 24.4 Å². The lowest BCUT2D eigenvalue weighted by Gasteiger charge is -2.13. The van der Waals surface area contributed by atoms with E-state index in [2.05, 4.69) is 25.5 Å². The lowest BCUT2D eigenvalue weighted by Crippen LogP contribution is -2.36. The molecule has 4 aromatic heterocycles. The Morgan fingerprint density at radius 1 is 1.17 bits per heavy atom. The lowest BCUT2D eigenvalue weighted by atomic mass is 10.2. The molecule has 1 atom stereocenters. The number of aliphatic hydroxyl groups is 1. The van der Waals surface area contributed by atoms with Gasteiger partial charge in [-0.1, -0.05) is 6.07 Å². The number of hydrogen-bond acceptors (Lipinski definition) is 7. The Morgan fingerprint density at radius 3 is 2.83 bits per heavy atom. The minimum Gasteiger partial charge on any atom is -0.418 e. The standard InChI is InChI=1S/C24H18F2N6O4/c25-17-6-5-13(9-18(17)26)11-32-8-2-4-15(24(32)35)21(34)29-19(12-33)23-31-30-22(36-23)16-10-28-20-14(16)3-1-7-27-20/h1-10,19,33H,11-12H2,(H,27,28)(H,29,34)/t19-/m1/s1. The largest absolute Gasteiger partial charge is 0.418 e. The summed E-state index contributed by atoms with van der Waals surface area (Å²) in [5, 5.41) is 21.0. The minimum atomic E-state index is -1.08. The SMILES string of the molecule is O=C(N[C@H](CO)c1nnc(-c2c[nH]c3ncccc23)o1)c1cccn(Cc2ccc(F)c(F)c2)c1=O. The van der Waals surface area contributed by atoms with Crippen LogP contribution in [0.1, 0.15) is 27.9 Å². The van der Waals surface area contributed by atoms with Crippen molar-refractivity contribution in [3.05, 3.63) is 100 Å². The number of hydrogen-bond donors (Lipinski definition) is 3. The highest BCUT2D eigenvalue weighted by Gasteiger charge is 2.24. The molecule has 0 spiro atoms. The van der Waals surface area contributed by atoms with Crippen LogP contribution in [0.15, 0.2) is 70.3 Å². The summed E-state index contributed by atoms with van der Waals surface area (Å²) in [6.45, 7) is -0.647. The van der Waals surface area contributed by atoms with E-state index in [4.69, 9.17) is 4.42 Å². The van der Waals surface area contributed by atoms with Crippen molar-refractivity contribution < 1.29 is 23.1 Å². The van der Waals surface area contributed by atoms with E-state index >= 15 is 0 Å². The van der Waals surface area contributed by atoms with Crippen molar-refractivity contribution in [2.24, 2.45) is 0 Å². The molecule has 5 rings (SSSR count). The molecule has 182 valence electrons. The number of carbonyl (C=O) groups excluding carboxylic acids is 1. The van der Waals surface area contributed by atoms with E-state index in [1.807, 2.05) is 6.07 Å². The first-order valence-electron chi connectivity index (χ1n) is 10.8. The molecule has 0 aliphatic carbocycles. The maximum absolute atomic E-state index is 13.5. The summed E-state index contributed by atoms with van der Waals surface area (Å²) in [7, 11) is 0. The van der Waals surface area contributed by atoms with Crippen LogP contribution in [0, 0.1) is 11.6 Å². The van der Waals surface area contributed by atoms with E-state index in [0.29, 0.717) is 16.8 Å². The monoisotopic (exact) mass is 492 g/mol. The van der Waals surface area contributed by atoms with E-state index in [-0.39, 0.29) is 23.9 Å². The molecule has 1 aromatic carbocycles. The average molecular weight is 492 g/mol. The maximum Gasteiger partial charge on any atom is 0.263 e. The molecular weight excluding hydrogens is 474 g/mol. The second kappa shape index (κ2) is 9.50. The van der Waals surface area contributed by atoms with E-state index in [1.165, 1.54) is 29.0 Å². The summed E-state index contributed by atoms with van der Waals surface area (Å²) in [5.74, 6) is -2.72. The van der Waals surface area contributed by atoms with E-state index < -0.39 is 35.7 Å². The van der Waals surface area contributed by atoms with Crippen LogP contribution < -0.4 is 10.9 Å². The zero-order valence-corrected chi connectivity index (χ0v) is 18.5. The number of fused-ring (bicyclic) bond motifs is 1. The summed E-state index contributed by atoms with van der Waals surface area (Å²) in [5.41, 5.74) is 0.689. The van der Waals surface area contributed by atoms with Gasteiger partial charge in [-0.25, -0.2) is 13.8 Å². The number of halogens is 2. The highest BCUT2D eigenvalue weighted by molar-refractivity contribution is 5.94. The van der Waals surface area contributed by atoms with Crippen LogP contribution in [0.5, 0.6) is 0 Å². The van der Waals surface area contributed by atoms with Gasteiger partial charge in [0.2, 0.25) is 11.8 Å². The van der Waals surface area contributed by atoms with Gasteiger partial charge in [-0.05, 0) is 42.0 Å². The first-order chi connectivity index (χ1) is 17.4. The fraction of sp³-hybridized carbons (Fsp3) is 0.125. The quantitative estimate of drug-likeness (QED) is 0.317. The molecular formula is C24H18F2N6O4. The third-order valence-corrected chi connectivity index (χ3v) is 5.51. The van der Waals surface area contributed by atoms with Crippen molar-refractivity contribution in [3.63, 3.8) is 0 Å². The number of amides is 1. The number of rotatable bonds is 7. The third-order valence-electron chi connectivity index (χ3n) is 5.51. The van der Waals surface area contributed by atoms with Crippen molar-refractivity contribution >= 4 is 16.9 Å². The van der Waals surface area contributed by atoms with Crippen LogP contribution in [-0.2, 0) is 6.54 Å². The van der Waals surface area contributed by atoms with E-state index in [9.17, 15) is 23.5 Å². The molecule has 0 saturated heterocycles. The predicted octanol–water partition coefficient (Wildman–Crippen LogP) is 2.56. The van der Waals surface area contributed by atoms with Crippen molar-refractivity contribution in [2.75, 3.05) is 6.61 Å². The second-order valence-electron chi connectivity index (χ2n) is 7.86. The van der Waals surface area contributed by atoms with E-state index in [0.717, 1.165) is 17.5 Å². The zero-order valence-electron chi connectivity index (χ0n) is 18.5. The number of pyridine rings is 2. The fourth-order valence-corrected chi connectivity index (χ4v) is 3.71. The van der Waals surface area contributed by atoms with Gasteiger partial charge in [-0.2, -0.15) is 0 Å². The first-order valence-corrected chi connectivity index (χ1v) is 10.8. The molecule has 0 fully saturated rings. The Labute approximate surface area is 201 Å². The van der Waals surface area contributed by atoms with Crippen LogP contribution in [-0.4, -0.2) is 42.4 Å². The van der Waals surface area contributed by atoms with Gasteiger partial charge in [0.1, 0.15) is 17.3 Å². The van der Waals surface area contributed by atoms with Gasteiger partial charge in [0.15, 0.2) is 11.6 Å². The summed E-state index contributed by atoms with van der Waals surface area (Å²) in [4.78, 5) is 32.9. The van der Waals surface area contributed by atoms with Crippen molar-refractivity contribution in [1.82, 2.24) is 30.0 Å². The average Bonchev–Trinajstić information content (AvgIpc) is 3.53. The molecule has 0 unspecified atom stereocenters.